The van der Waals surface area contributed by atoms with Crippen LogP contribution < -0.4 is 15.5 Å². The second kappa shape index (κ2) is 7.86. The molecule has 2 N–H and O–H groups in total. The highest BCUT2D eigenvalue weighted by molar-refractivity contribution is 6.05. The SMILES string of the molecule is COC(=O)c1ccc(CNc2ccc(N3CCC(=O)NC3=O)cc2)cc1F. The Kier molecular flexibility index (Phi) is 5.35. The van der Waals surface area contributed by atoms with Crippen molar-refractivity contribution in [3.63, 3.8) is 0 Å². The van der Waals surface area contributed by atoms with Gasteiger partial charge in [-0.15, -0.1) is 0 Å². The van der Waals surface area contributed by atoms with E-state index in [0.29, 0.717) is 24.3 Å². The van der Waals surface area contributed by atoms with Gasteiger partial charge in [0.1, 0.15) is 5.82 Å². The summed E-state index contributed by atoms with van der Waals surface area (Å²) >= 11 is 0. The summed E-state index contributed by atoms with van der Waals surface area (Å²) in [6, 6.07) is 11.0. The van der Waals surface area contributed by atoms with Gasteiger partial charge in [-0.3, -0.25) is 15.0 Å². The van der Waals surface area contributed by atoms with Crippen LogP contribution in [-0.4, -0.2) is 31.6 Å². The van der Waals surface area contributed by atoms with Crippen LogP contribution in [0.2, 0.25) is 0 Å². The topological polar surface area (TPSA) is 87.7 Å². The summed E-state index contributed by atoms with van der Waals surface area (Å²) in [5.74, 6) is -1.63. The van der Waals surface area contributed by atoms with Crippen LogP contribution in [-0.2, 0) is 16.1 Å². The number of carbonyl (C=O) groups is 3. The van der Waals surface area contributed by atoms with Crippen molar-refractivity contribution >= 4 is 29.3 Å². The van der Waals surface area contributed by atoms with E-state index in [9.17, 15) is 18.8 Å². The quantitative estimate of drug-likeness (QED) is 0.789. The normalized spacial score (nSPS) is 13.9. The van der Waals surface area contributed by atoms with E-state index in [1.54, 1.807) is 30.3 Å². The van der Waals surface area contributed by atoms with Crippen molar-refractivity contribution < 1.29 is 23.5 Å². The zero-order chi connectivity index (χ0) is 19.4. The van der Waals surface area contributed by atoms with Crippen LogP contribution in [0.25, 0.3) is 0 Å². The number of urea groups is 1. The second-order valence-electron chi connectivity index (χ2n) is 5.96. The molecule has 1 aliphatic heterocycles. The molecule has 1 heterocycles. The highest BCUT2D eigenvalue weighted by Gasteiger charge is 2.23. The van der Waals surface area contributed by atoms with Gasteiger partial charge < -0.3 is 10.1 Å². The predicted octanol–water partition coefficient (Wildman–Crippen LogP) is 2.67. The van der Waals surface area contributed by atoms with E-state index in [1.165, 1.54) is 24.1 Å². The molecule has 140 valence electrons. The van der Waals surface area contributed by atoms with E-state index in [2.05, 4.69) is 15.4 Å². The van der Waals surface area contributed by atoms with Crippen molar-refractivity contribution in [3.05, 3.63) is 59.4 Å². The molecule has 1 fully saturated rings. The van der Waals surface area contributed by atoms with Crippen molar-refractivity contribution in [2.75, 3.05) is 23.9 Å². The van der Waals surface area contributed by atoms with Crippen molar-refractivity contribution in [2.45, 2.75) is 13.0 Å². The Morgan fingerprint density at radius 2 is 1.96 bits per heavy atom. The third-order valence-electron chi connectivity index (χ3n) is 4.17. The van der Waals surface area contributed by atoms with Crippen molar-refractivity contribution in [1.82, 2.24) is 5.32 Å². The van der Waals surface area contributed by atoms with Gasteiger partial charge in [0.25, 0.3) is 0 Å². The number of carbonyl (C=O) groups excluding carboxylic acids is 3. The van der Waals surface area contributed by atoms with Crippen LogP contribution in [0.4, 0.5) is 20.6 Å². The lowest BCUT2D eigenvalue weighted by Crippen LogP contribution is -2.49. The molecule has 1 saturated heterocycles. The first-order valence-corrected chi connectivity index (χ1v) is 8.30. The highest BCUT2D eigenvalue weighted by atomic mass is 19.1. The first-order valence-electron chi connectivity index (χ1n) is 8.30. The molecule has 0 bridgehead atoms. The van der Waals surface area contributed by atoms with E-state index < -0.39 is 17.8 Å². The Morgan fingerprint density at radius 3 is 2.59 bits per heavy atom. The molecule has 0 saturated carbocycles. The number of rotatable bonds is 5. The van der Waals surface area contributed by atoms with E-state index >= 15 is 0 Å². The first-order chi connectivity index (χ1) is 13.0. The van der Waals surface area contributed by atoms with Gasteiger partial charge in [0.05, 0.1) is 12.7 Å². The number of ether oxygens (including phenoxy) is 1. The fourth-order valence-corrected chi connectivity index (χ4v) is 2.72. The number of nitrogens with one attached hydrogen (secondary N) is 2. The highest BCUT2D eigenvalue weighted by Crippen LogP contribution is 2.21. The average molecular weight is 371 g/mol. The standard InChI is InChI=1S/C19H18FN3O4/c1-27-18(25)15-7-2-12(10-16(15)20)11-21-13-3-5-14(6-4-13)23-9-8-17(24)22-19(23)26/h2-7,10,21H,8-9,11H2,1H3,(H,22,24,26). The van der Waals surface area contributed by atoms with Gasteiger partial charge in [-0.2, -0.15) is 0 Å². The van der Waals surface area contributed by atoms with Gasteiger partial charge in [-0.05, 0) is 42.0 Å². The molecule has 0 atom stereocenters. The van der Waals surface area contributed by atoms with Crippen LogP contribution in [0, 0.1) is 5.82 Å². The van der Waals surface area contributed by atoms with Crippen LogP contribution in [0.15, 0.2) is 42.5 Å². The average Bonchev–Trinajstić information content (AvgIpc) is 2.66. The molecule has 3 rings (SSSR count). The number of benzene rings is 2. The molecular weight excluding hydrogens is 353 g/mol. The summed E-state index contributed by atoms with van der Waals surface area (Å²) in [6.45, 7) is 0.694. The van der Waals surface area contributed by atoms with Crippen LogP contribution >= 0.6 is 0 Å². The molecule has 0 spiro atoms. The molecule has 2 aromatic carbocycles. The Labute approximate surface area is 155 Å². The lowest BCUT2D eigenvalue weighted by atomic mass is 10.1. The summed E-state index contributed by atoms with van der Waals surface area (Å²) in [7, 11) is 1.20. The number of imide groups is 1. The maximum absolute atomic E-state index is 13.9. The van der Waals surface area contributed by atoms with Crippen LogP contribution in [0.1, 0.15) is 22.3 Å². The number of nitrogens with zero attached hydrogens (tertiary/aromatic N) is 1. The van der Waals surface area contributed by atoms with Crippen LogP contribution in [0.3, 0.4) is 0 Å². The number of hydrogen-bond donors (Lipinski definition) is 2. The van der Waals surface area contributed by atoms with Crippen LogP contribution in [0.5, 0.6) is 0 Å². The monoisotopic (exact) mass is 371 g/mol. The smallest absolute Gasteiger partial charge is 0.340 e. The zero-order valence-electron chi connectivity index (χ0n) is 14.6. The molecule has 0 aliphatic carbocycles. The second-order valence-corrected chi connectivity index (χ2v) is 5.96. The van der Waals surface area contributed by atoms with E-state index in [-0.39, 0.29) is 17.9 Å². The Balaban J connectivity index is 1.62. The summed E-state index contributed by atoms with van der Waals surface area (Å²) in [4.78, 5) is 35.9. The Morgan fingerprint density at radius 1 is 1.22 bits per heavy atom. The molecule has 7 nitrogen and oxygen atoms in total. The number of anilines is 2. The summed E-state index contributed by atoms with van der Waals surface area (Å²) in [5.41, 5.74) is 2.02. The van der Waals surface area contributed by atoms with Gasteiger partial charge in [-0.25, -0.2) is 14.0 Å². The fourth-order valence-electron chi connectivity index (χ4n) is 2.72. The summed E-state index contributed by atoms with van der Waals surface area (Å²) in [5, 5.41) is 5.42. The number of hydrogen-bond acceptors (Lipinski definition) is 5. The molecule has 3 amide bonds. The van der Waals surface area contributed by atoms with Gasteiger partial charge >= 0.3 is 12.0 Å². The molecule has 0 radical (unpaired) electrons. The molecular formula is C19H18FN3O4. The molecule has 0 aromatic heterocycles. The first kappa shape index (κ1) is 18.4. The van der Waals surface area contributed by atoms with Gasteiger partial charge in [0, 0.05) is 30.9 Å². The minimum Gasteiger partial charge on any atom is -0.465 e. The van der Waals surface area contributed by atoms with Gasteiger partial charge in [0.2, 0.25) is 5.91 Å². The predicted molar refractivity (Wildman–Crippen MR) is 97.0 cm³/mol. The number of amides is 3. The Hall–Kier alpha value is -3.42. The lowest BCUT2D eigenvalue weighted by molar-refractivity contribution is -0.120. The number of methoxy groups -OCH3 is 1. The fraction of sp³-hybridized carbons (Fsp3) is 0.211. The molecule has 8 heteroatoms. The van der Waals surface area contributed by atoms with Gasteiger partial charge in [-0.1, -0.05) is 6.07 Å². The molecule has 0 unspecified atom stereocenters. The number of esters is 1. The molecule has 27 heavy (non-hydrogen) atoms. The van der Waals surface area contributed by atoms with Crippen molar-refractivity contribution in [2.24, 2.45) is 0 Å². The minimum atomic E-state index is -0.717. The van der Waals surface area contributed by atoms with E-state index in [0.717, 1.165) is 5.69 Å². The van der Waals surface area contributed by atoms with Crippen molar-refractivity contribution in [3.8, 4) is 0 Å². The third-order valence-corrected chi connectivity index (χ3v) is 4.17. The zero-order valence-corrected chi connectivity index (χ0v) is 14.6. The van der Waals surface area contributed by atoms with Crippen molar-refractivity contribution in [1.29, 1.82) is 0 Å². The Bertz CT molecular complexity index is 883. The maximum Gasteiger partial charge on any atom is 0.340 e. The minimum absolute atomic E-state index is 0.108. The maximum atomic E-state index is 13.9. The largest absolute Gasteiger partial charge is 0.465 e. The van der Waals surface area contributed by atoms with E-state index in [4.69, 9.17) is 0 Å². The van der Waals surface area contributed by atoms with Gasteiger partial charge in [0.15, 0.2) is 0 Å². The summed E-state index contributed by atoms with van der Waals surface area (Å²) in [6.07, 6.45) is 0.263. The van der Waals surface area contributed by atoms with E-state index in [1.807, 2.05) is 0 Å². The molecule has 2 aromatic rings. The molecule has 1 aliphatic rings. The lowest BCUT2D eigenvalue weighted by Gasteiger charge is -2.26. The third kappa shape index (κ3) is 4.22. The summed E-state index contributed by atoms with van der Waals surface area (Å²) < 4.78 is 18.5. The number of halogens is 1.